The molecule has 1 amide bonds. The largest absolute Gasteiger partial charge is 0.329 e. The molecule has 1 aliphatic heterocycles. The van der Waals surface area contributed by atoms with Gasteiger partial charge in [-0.2, -0.15) is 0 Å². The lowest BCUT2D eigenvalue weighted by Crippen LogP contribution is -2.57. The maximum absolute atomic E-state index is 12.4. The van der Waals surface area contributed by atoms with Crippen LogP contribution in [0.2, 0.25) is 0 Å². The number of carbonyl (C=O) groups is 1. The van der Waals surface area contributed by atoms with Crippen molar-refractivity contribution in [1.29, 1.82) is 0 Å². The molecule has 1 fully saturated rings. The Morgan fingerprint density at radius 3 is 2.59 bits per heavy atom. The normalized spacial score (nSPS) is 24.8. The van der Waals surface area contributed by atoms with Gasteiger partial charge in [0.15, 0.2) is 0 Å². The summed E-state index contributed by atoms with van der Waals surface area (Å²) in [6.45, 7) is 7.73. The molecule has 4 nitrogen and oxygen atoms in total. The molecular weight excluding hydrogens is 214 g/mol. The molecule has 4 heteroatoms. The van der Waals surface area contributed by atoms with Gasteiger partial charge in [0.2, 0.25) is 0 Å². The fourth-order valence-corrected chi connectivity index (χ4v) is 2.33. The predicted octanol–water partition coefficient (Wildman–Crippen LogP) is 1.21. The summed E-state index contributed by atoms with van der Waals surface area (Å²) < 4.78 is 0. The molecule has 0 saturated carbocycles. The fourth-order valence-electron chi connectivity index (χ4n) is 2.33. The Labute approximate surface area is 102 Å². The molecule has 2 unspecified atom stereocenters. The van der Waals surface area contributed by atoms with E-state index in [1.54, 1.807) is 6.07 Å². The van der Waals surface area contributed by atoms with Gasteiger partial charge in [-0.1, -0.05) is 6.07 Å². The lowest BCUT2D eigenvalue weighted by molar-refractivity contribution is 0.0538. The quantitative estimate of drug-likeness (QED) is 0.793. The van der Waals surface area contributed by atoms with Gasteiger partial charge in [0.25, 0.3) is 5.91 Å². The Bertz CT molecular complexity index is 409. The van der Waals surface area contributed by atoms with E-state index in [0.29, 0.717) is 5.69 Å². The summed E-state index contributed by atoms with van der Waals surface area (Å²) in [5.74, 6) is 0.0372. The molecule has 0 aliphatic carbocycles. The van der Waals surface area contributed by atoms with Crippen LogP contribution in [0.5, 0.6) is 0 Å². The summed E-state index contributed by atoms with van der Waals surface area (Å²) in [6, 6.07) is 6.01. The van der Waals surface area contributed by atoms with Gasteiger partial charge in [0.1, 0.15) is 5.69 Å². The SMILES string of the molecule is Cc1cccc(C(=O)N2C(C)CNCC2C)n1. The van der Waals surface area contributed by atoms with Gasteiger partial charge in [-0.25, -0.2) is 4.98 Å². The topological polar surface area (TPSA) is 45.2 Å². The highest BCUT2D eigenvalue weighted by atomic mass is 16.2. The average molecular weight is 233 g/mol. The number of hydrogen-bond donors (Lipinski definition) is 1. The van der Waals surface area contributed by atoms with Crippen LogP contribution < -0.4 is 5.32 Å². The molecular formula is C13H19N3O. The van der Waals surface area contributed by atoms with E-state index >= 15 is 0 Å². The summed E-state index contributed by atoms with van der Waals surface area (Å²) in [5, 5.41) is 3.32. The number of carbonyl (C=O) groups excluding carboxylic acids is 1. The molecule has 0 spiro atoms. The summed E-state index contributed by atoms with van der Waals surface area (Å²) in [5.41, 5.74) is 1.43. The molecule has 2 heterocycles. The second-order valence-corrected chi connectivity index (χ2v) is 4.73. The number of hydrogen-bond acceptors (Lipinski definition) is 3. The first-order chi connectivity index (χ1) is 8.09. The predicted molar refractivity (Wildman–Crippen MR) is 66.9 cm³/mol. The second kappa shape index (κ2) is 4.84. The third kappa shape index (κ3) is 2.47. The van der Waals surface area contributed by atoms with E-state index in [0.717, 1.165) is 18.8 Å². The van der Waals surface area contributed by atoms with Crippen molar-refractivity contribution in [2.24, 2.45) is 0 Å². The minimum absolute atomic E-state index is 0.0372. The minimum Gasteiger partial charge on any atom is -0.329 e. The van der Waals surface area contributed by atoms with Gasteiger partial charge >= 0.3 is 0 Å². The van der Waals surface area contributed by atoms with Crippen LogP contribution in [0.25, 0.3) is 0 Å². The summed E-state index contributed by atoms with van der Waals surface area (Å²) >= 11 is 0. The van der Waals surface area contributed by atoms with E-state index in [2.05, 4.69) is 24.1 Å². The number of nitrogens with one attached hydrogen (secondary N) is 1. The number of aryl methyl sites for hydroxylation is 1. The van der Waals surface area contributed by atoms with Gasteiger partial charge in [-0.15, -0.1) is 0 Å². The second-order valence-electron chi connectivity index (χ2n) is 4.73. The number of nitrogens with zero attached hydrogens (tertiary/aromatic N) is 2. The van der Waals surface area contributed by atoms with Crippen molar-refractivity contribution in [1.82, 2.24) is 15.2 Å². The molecule has 92 valence electrons. The zero-order valence-electron chi connectivity index (χ0n) is 10.6. The van der Waals surface area contributed by atoms with Crippen molar-refractivity contribution in [3.63, 3.8) is 0 Å². The van der Waals surface area contributed by atoms with E-state index in [4.69, 9.17) is 0 Å². The first-order valence-electron chi connectivity index (χ1n) is 6.06. The zero-order chi connectivity index (χ0) is 12.4. The first-order valence-corrected chi connectivity index (χ1v) is 6.06. The Morgan fingerprint density at radius 2 is 2.00 bits per heavy atom. The lowest BCUT2D eigenvalue weighted by atomic mass is 10.1. The van der Waals surface area contributed by atoms with Crippen LogP contribution in [0.1, 0.15) is 30.0 Å². The Morgan fingerprint density at radius 1 is 1.35 bits per heavy atom. The molecule has 2 atom stereocenters. The van der Waals surface area contributed by atoms with Crippen molar-refractivity contribution in [3.8, 4) is 0 Å². The standard InChI is InChI=1S/C13H19N3O/c1-9-5-4-6-12(15-9)13(17)16-10(2)7-14-8-11(16)3/h4-6,10-11,14H,7-8H2,1-3H3. The van der Waals surface area contributed by atoms with Gasteiger partial charge in [-0.05, 0) is 32.9 Å². The highest BCUT2D eigenvalue weighted by molar-refractivity contribution is 5.92. The van der Waals surface area contributed by atoms with E-state index in [1.165, 1.54) is 0 Å². The molecule has 1 aliphatic rings. The van der Waals surface area contributed by atoms with Crippen molar-refractivity contribution in [2.45, 2.75) is 32.9 Å². The van der Waals surface area contributed by atoms with Crippen molar-refractivity contribution < 1.29 is 4.79 Å². The molecule has 1 saturated heterocycles. The molecule has 1 N–H and O–H groups in total. The number of rotatable bonds is 1. The van der Waals surface area contributed by atoms with Crippen LogP contribution in [-0.2, 0) is 0 Å². The minimum atomic E-state index is 0.0372. The number of amides is 1. The average Bonchev–Trinajstić information content (AvgIpc) is 2.28. The molecule has 17 heavy (non-hydrogen) atoms. The van der Waals surface area contributed by atoms with Crippen LogP contribution in [0.4, 0.5) is 0 Å². The maximum Gasteiger partial charge on any atom is 0.273 e. The summed E-state index contributed by atoms with van der Waals surface area (Å²) in [4.78, 5) is 18.6. The van der Waals surface area contributed by atoms with Crippen LogP contribution in [0.15, 0.2) is 18.2 Å². The van der Waals surface area contributed by atoms with Crippen molar-refractivity contribution in [3.05, 3.63) is 29.6 Å². The maximum atomic E-state index is 12.4. The van der Waals surface area contributed by atoms with E-state index in [1.807, 2.05) is 24.0 Å². The third-order valence-electron chi connectivity index (χ3n) is 3.17. The van der Waals surface area contributed by atoms with Crippen LogP contribution >= 0.6 is 0 Å². The van der Waals surface area contributed by atoms with Crippen LogP contribution in [0.3, 0.4) is 0 Å². The lowest BCUT2D eigenvalue weighted by Gasteiger charge is -2.39. The fraction of sp³-hybridized carbons (Fsp3) is 0.538. The Hall–Kier alpha value is -1.42. The Kier molecular flexibility index (Phi) is 3.43. The number of aromatic nitrogens is 1. The van der Waals surface area contributed by atoms with Crippen molar-refractivity contribution >= 4 is 5.91 Å². The van der Waals surface area contributed by atoms with Gasteiger partial charge in [0.05, 0.1) is 0 Å². The molecule has 1 aromatic rings. The zero-order valence-corrected chi connectivity index (χ0v) is 10.6. The molecule has 2 rings (SSSR count). The van der Waals surface area contributed by atoms with Gasteiger partial charge in [0, 0.05) is 30.9 Å². The van der Waals surface area contributed by atoms with Crippen molar-refractivity contribution in [2.75, 3.05) is 13.1 Å². The molecule has 0 radical (unpaired) electrons. The molecule has 0 bridgehead atoms. The summed E-state index contributed by atoms with van der Waals surface area (Å²) in [6.07, 6.45) is 0. The number of pyridine rings is 1. The van der Waals surface area contributed by atoms with Crippen LogP contribution in [0, 0.1) is 6.92 Å². The van der Waals surface area contributed by atoms with Gasteiger partial charge in [-0.3, -0.25) is 4.79 Å². The third-order valence-corrected chi connectivity index (χ3v) is 3.17. The Balaban J connectivity index is 2.24. The highest BCUT2D eigenvalue weighted by Crippen LogP contribution is 2.14. The molecule has 1 aromatic heterocycles. The van der Waals surface area contributed by atoms with E-state index in [-0.39, 0.29) is 18.0 Å². The van der Waals surface area contributed by atoms with Crippen LogP contribution in [-0.4, -0.2) is 41.0 Å². The van der Waals surface area contributed by atoms with E-state index in [9.17, 15) is 4.79 Å². The summed E-state index contributed by atoms with van der Waals surface area (Å²) in [7, 11) is 0. The van der Waals surface area contributed by atoms with Gasteiger partial charge < -0.3 is 10.2 Å². The number of piperazine rings is 1. The monoisotopic (exact) mass is 233 g/mol. The molecule has 0 aromatic carbocycles. The van der Waals surface area contributed by atoms with E-state index < -0.39 is 0 Å². The first kappa shape index (κ1) is 12.0. The smallest absolute Gasteiger partial charge is 0.273 e. The highest BCUT2D eigenvalue weighted by Gasteiger charge is 2.29.